The quantitative estimate of drug-likeness (QED) is 0.404. The highest BCUT2D eigenvalue weighted by atomic mass is 16.3. The number of hydrogen-bond donors (Lipinski definition) is 2. The van der Waals surface area contributed by atoms with Crippen molar-refractivity contribution in [3.63, 3.8) is 0 Å². The Bertz CT molecular complexity index is 914. The monoisotopic (exact) mass is 456 g/mol. The van der Waals surface area contributed by atoms with Gasteiger partial charge in [-0.05, 0) is 108 Å². The molecular formula is C30H48O3. The van der Waals surface area contributed by atoms with E-state index in [-0.39, 0.29) is 56.1 Å². The van der Waals surface area contributed by atoms with Gasteiger partial charge < -0.3 is 10.2 Å². The molecule has 2 N–H and O–H groups in total. The zero-order chi connectivity index (χ0) is 24.4. The number of aliphatic hydroxyl groups excluding tert-OH is 2. The molecule has 0 aromatic rings. The number of allylic oxidation sites excluding steroid dienone is 2. The highest BCUT2D eigenvalue weighted by Gasteiger charge is 2.71. The molecule has 3 heteroatoms. The van der Waals surface area contributed by atoms with Gasteiger partial charge in [0.15, 0.2) is 5.76 Å². The summed E-state index contributed by atoms with van der Waals surface area (Å²) in [7, 11) is 0. The predicted octanol–water partition coefficient (Wildman–Crippen LogP) is 7.23. The Morgan fingerprint density at radius 2 is 1.45 bits per heavy atom. The molecule has 0 saturated heterocycles. The Morgan fingerprint density at radius 1 is 0.818 bits per heavy atom. The van der Waals surface area contributed by atoms with Crippen LogP contribution in [0.25, 0.3) is 0 Å². The number of Topliss-reactive ketones (excluding diaryl/α,β-unsaturated/α-hetero) is 1. The molecule has 0 unspecified atom stereocenters. The molecule has 0 radical (unpaired) electrons. The molecular weight excluding hydrogens is 408 g/mol. The minimum Gasteiger partial charge on any atom is -0.504 e. The average molecular weight is 457 g/mol. The Balaban J connectivity index is 1.68. The summed E-state index contributed by atoms with van der Waals surface area (Å²) >= 11 is 0. The first-order valence-electron chi connectivity index (χ1n) is 13.7. The van der Waals surface area contributed by atoms with E-state index in [0.29, 0.717) is 11.8 Å². The molecule has 8 atom stereocenters. The molecule has 0 bridgehead atoms. The van der Waals surface area contributed by atoms with Gasteiger partial charge in [-0.15, -0.1) is 0 Å². The van der Waals surface area contributed by atoms with Crippen molar-refractivity contribution >= 4 is 5.78 Å². The van der Waals surface area contributed by atoms with E-state index >= 15 is 0 Å². The highest BCUT2D eigenvalue weighted by molar-refractivity contribution is 5.98. The number of aliphatic hydroxyl groups is 2. The summed E-state index contributed by atoms with van der Waals surface area (Å²) in [6, 6.07) is 0. The molecule has 3 nitrogen and oxygen atoms in total. The number of carbonyl (C=O) groups excluding carboxylic acids is 1. The summed E-state index contributed by atoms with van der Waals surface area (Å²) in [5, 5.41) is 22.7. The fourth-order valence-corrected chi connectivity index (χ4v) is 10.4. The van der Waals surface area contributed by atoms with Gasteiger partial charge in [0, 0.05) is 5.92 Å². The maximum atomic E-state index is 14.3. The molecule has 5 rings (SSSR count). The van der Waals surface area contributed by atoms with Crippen LogP contribution in [0.3, 0.4) is 0 Å². The van der Waals surface area contributed by atoms with Crippen LogP contribution in [0.15, 0.2) is 11.3 Å². The number of fused-ring (bicyclic) bond motifs is 7. The third-order valence-corrected chi connectivity index (χ3v) is 12.9. The lowest BCUT2D eigenvalue weighted by molar-refractivity contribution is -0.205. The predicted molar refractivity (Wildman–Crippen MR) is 133 cm³/mol. The second-order valence-corrected chi connectivity index (χ2v) is 15.4. The second kappa shape index (κ2) is 6.68. The van der Waals surface area contributed by atoms with Gasteiger partial charge in [0.25, 0.3) is 0 Å². The fourth-order valence-electron chi connectivity index (χ4n) is 10.4. The van der Waals surface area contributed by atoms with Crippen LogP contribution in [-0.4, -0.2) is 22.1 Å². The van der Waals surface area contributed by atoms with Gasteiger partial charge in [-0.3, -0.25) is 4.79 Å². The molecule has 0 heterocycles. The molecule has 0 aromatic carbocycles. The Kier molecular flexibility index (Phi) is 4.84. The zero-order valence-corrected chi connectivity index (χ0v) is 22.5. The van der Waals surface area contributed by atoms with Crippen LogP contribution in [0, 0.1) is 50.2 Å². The first kappa shape index (κ1) is 23.9. The molecule has 0 amide bonds. The minimum absolute atomic E-state index is 0.0250. The SMILES string of the molecule is CC1(C)CC[C@]2(C)CC[C@]3(C)C(=C(O)C(=O)[C@@H]4[C@@]5(C)CC[C@H](O)C(C)(C)[C@@H]5CC[C@]43C)[C@@H]2C1. The molecule has 4 fully saturated rings. The lowest BCUT2D eigenvalue weighted by Crippen LogP contribution is -2.67. The van der Waals surface area contributed by atoms with Crippen LogP contribution < -0.4 is 0 Å². The van der Waals surface area contributed by atoms with Crippen LogP contribution in [0.2, 0.25) is 0 Å². The van der Waals surface area contributed by atoms with E-state index in [2.05, 4.69) is 55.4 Å². The van der Waals surface area contributed by atoms with Crippen LogP contribution >= 0.6 is 0 Å². The molecule has 4 saturated carbocycles. The Morgan fingerprint density at radius 3 is 2.12 bits per heavy atom. The van der Waals surface area contributed by atoms with Crippen molar-refractivity contribution in [2.75, 3.05) is 0 Å². The summed E-state index contributed by atoms with van der Waals surface area (Å²) in [4.78, 5) is 14.3. The van der Waals surface area contributed by atoms with Gasteiger partial charge in [0.05, 0.1) is 6.10 Å². The summed E-state index contributed by atoms with van der Waals surface area (Å²) in [5.74, 6) is 0.606. The maximum Gasteiger partial charge on any atom is 0.201 e. The van der Waals surface area contributed by atoms with Crippen molar-refractivity contribution in [3.8, 4) is 0 Å². The van der Waals surface area contributed by atoms with Crippen LogP contribution in [-0.2, 0) is 4.79 Å². The van der Waals surface area contributed by atoms with E-state index in [1.807, 2.05) is 0 Å². The third-order valence-electron chi connectivity index (χ3n) is 12.9. The molecule has 186 valence electrons. The standard InChI is InChI=1S/C30H48O3/c1-25(2)13-14-27(5)15-16-29(7)21(18(27)17-25)22(32)23(33)24-28(6)11-10-20(31)26(3,4)19(28)9-12-30(24,29)8/h18-20,24,31-32H,9-17H2,1-8H3/t18-,19-,20-,24+,27+,28-,29+,30+/m0/s1. The van der Waals surface area contributed by atoms with Gasteiger partial charge >= 0.3 is 0 Å². The van der Waals surface area contributed by atoms with Crippen molar-refractivity contribution in [2.24, 2.45) is 50.2 Å². The van der Waals surface area contributed by atoms with Crippen molar-refractivity contribution in [2.45, 2.75) is 119 Å². The second-order valence-electron chi connectivity index (χ2n) is 15.4. The first-order chi connectivity index (χ1) is 15.0. The van der Waals surface area contributed by atoms with Gasteiger partial charge in [-0.2, -0.15) is 0 Å². The topological polar surface area (TPSA) is 57.5 Å². The van der Waals surface area contributed by atoms with E-state index in [0.717, 1.165) is 44.1 Å². The van der Waals surface area contributed by atoms with Gasteiger partial charge in [-0.1, -0.05) is 55.4 Å². The molecule has 0 aromatic heterocycles. The summed E-state index contributed by atoms with van der Waals surface area (Å²) in [5.41, 5.74) is 0.920. The smallest absolute Gasteiger partial charge is 0.201 e. The van der Waals surface area contributed by atoms with E-state index in [9.17, 15) is 15.0 Å². The molecule has 5 aliphatic carbocycles. The van der Waals surface area contributed by atoms with Crippen molar-refractivity contribution in [1.29, 1.82) is 0 Å². The number of ketones is 1. The fraction of sp³-hybridized carbons (Fsp3) is 0.900. The number of carbonyl (C=O) groups is 1. The van der Waals surface area contributed by atoms with Crippen LogP contribution in [0.1, 0.15) is 113 Å². The van der Waals surface area contributed by atoms with E-state index in [1.54, 1.807) is 0 Å². The highest BCUT2D eigenvalue weighted by Crippen LogP contribution is 2.75. The largest absolute Gasteiger partial charge is 0.504 e. The van der Waals surface area contributed by atoms with Gasteiger partial charge in [-0.25, -0.2) is 0 Å². The maximum absolute atomic E-state index is 14.3. The zero-order valence-electron chi connectivity index (χ0n) is 22.5. The van der Waals surface area contributed by atoms with Crippen molar-refractivity contribution in [3.05, 3.63) is 11.3 Å². The average Bonchev–Trinajstić information content (AvgIpc) is 2.70. The summed E-state index contributed by atoms with van der Waals surface area (Å²) in [6.07, 6.45) is 9.17. The molecule has 33 heavy (non-hydrogen) atoms. The Hall–Kier alpha value is -0.830. The van der Waals surface area contributed by atoms with Gasteiger partial charge in [0.1, 0.15) is 0 Å². The molecule has 0 aliphatic heterocycles. The van der Waals surface area contributed by atoms with Gasteiger partial charge in [0.2, 0.25) is 5.78 Å². The first-order valence-corrected chi connectivity index (χ1v) is 13.7. The van der Waals surface area contributed by atoms with E-state index in [1.165, 1.54) is 19.3 Å². The van der Waals surface area contributed by atoms with Crippen LogP contribution in [0.5, 0.6) is 0 Å². The summed E-state index contributed by atoms with van der Waals surface area (Å²) < 4.78 is 0. The third kappa shape index (κ3) is 2.81. The number of rotatable bonds is 0. The molecule has 0 spiro atoms. The lowest BCUT2D eigenvalue weighted by Gasteiger charge is -2.70. The minimum atomic E-state index is -0.311. The van der Waals surface area contributed by atoms with E-state index < -0.39 is 0 Å². The van der Waals surface area contributed by atoms with Crippen LogP contribution in [0.4, 0.5) is 0 Å². The van der Waals surface area contributed by atoms with E-state index in [4.69, 9.17) is 0 Å². The van der Waals surface area contributed by atoms with Crippen molar-refractivity contribution in [1.82, 2.24) is 0 Å². The number of hydrogen-bond acceptors (Lipinski definition) is 3. The van der Waals surface area contributed by atoms with Crippen molar-refractivity contribution < 1.29 is 15.0 Å². The summed E-state index contributed by atoms with van der Waals surface area (Å²) in [6.45, 7) is 18.7. The molecule has 5 aliphatic rings. The Labute approximate surface area is 201 Å². The normalized spacial score (nSPS) is 52.9. The lowest BCUT2D eigenvalue weighted by atomic mass is 9.33.